The molecular formula is C20H28FN3O. The lowest BCUT2D eigenvalue weighted by Gasteiger charge is -2.30. The quantitative estimate of drug-likeness (QED) is 0.789. The number of aryl methyl sites for hydroxylation is 1. The molecule has 0 spiro atoms. The fraction of sp³-hybridized carbons (Fsp3) is 0.550. The van der Waals surface area contributed by atoms with Crippen LogP contribution in [-0.2, 0) is 11.2 Å². The zero-order valence-corrected chi connectivity index (χ0v) is 15.2. The minimum absolute atomic E-state index is 0.000489. The average Bonchev–Trinajstić information content (AvgIpc) is 2.89. The summed E-state index contributed by atoms with van der Waals surface area (Å²) in [5.74, 6) is 0.574. The summed E-state index contributed by atoms with van der Waals surface area (Å²) in [6.07, 6.45) is 3.82. The molecule has 3 rings (SSSR count). The van der Waals surface area contributed by atoms with Crippen LogP contribution in [0.4, 0.5) is 4.39 Å². The Morgan fingerprint density at radius 2 is 2.12 bits per heavy atom. The van der Waals surface area contributed by atoms with Crippen molar-refractivity contribution in [1.29, 1.82) is 0 Å². The van der Waals surface area contributed by atoms with E-state index in [1.54, 1.807) is 6.07 Å². The number of amides is 1. The number of aromatic nitrogens is 1. The molecule has 1 aliphatic rings. The van der Waals surface area contributed by atoms with Crippen LogP contribution in [0.3, 0.4) is 0 Å². The molecule has 0 saturated carbocycles. The van der Waals surface area contributed by atoms with Gasteiger partial charge in [-0.2, -0.15) is 0 Å². The van der Waals surface area contributed by atoms with Crippen LogP contribution < -0.4 is 5.32 Å². The highest BCUT2D eigenvalue weighted by molar-refractivity contribution is 5.90. The molecular weight excluding hydrogens is 317 g/mol. The first kappa shape index (κ1) is 17.9. The van der Waals surface area contributed by atoms with Gasteiger partial charge in [-0.1, -0.05) is 6.92 Å². The van der Waals surface area contributed by atoms with Gasteiger partial charge in [-0.05, 0) is 75.5 Å². The number of piperidine rings is 1. The van der Waals surface area contributed by atoms with Gasteiger partial charge in [-0.25, -0.2) is 4.39 Å². The molecule has 1 aromatic heterocycles. The molecule has 136 valence electrons. The molecule has 0 bridgehead atoms. The van der Waals surface area contributed by atoms with Gasteiger partial charge in [0.2, 0.25) is 5.91 Å². The van der Waals surface area contributed by atoms with Gasteiger partial charge in [-0.15, -0.1) is 0 Å². The highest BCUT2D eigenvalue weighted by Crippen LogP contribution is 2.23. The van der Waals surface area contributed by atoms with Crippen molar-refractivity contribution in [2.75, 3.05) is 26.2 Å². The van der Waals surface area contributed by atoms with Gasteiger partial charge in [-0.3, -0.25) is 4.79 Å². The van der Waals surface area contributed by atoms with Crippen molar-refractivity contribution in [3.8, 4) is 0 Å². The van der Waals surface area contributed by atoms with Crippen LogP contribution in [0.5, 0.6) is 0 Å². The van der Waals surface area contributed by atoms with Gasteiger partial charge in [0.05, 0.1) is 6.42 Å². The maximum Gasteiger partial charge on any atom is 0.224 e. The predicted molar refractivity (Wildman–Crippen MR) is 99.2 cm³/mol. The molecule has 1 aromatic carbocycles. The van der Waals surface area contributed by atoms with Crippen LogP contribution in [0, 0.1) is 18.7 Å². The van der Waals surface area contributed by atoms with E-state index in [4.69, 9.17) is 0 Å². The molecule has 0 radical (unpaired) electrons. The maximum absolute atomic E-state index is 13.5. The van der Waals surface area contributed by atoms with Crippen molar-refractivity contribution in [3.05, 3.63) is 35.3 Å². The zero-order chi connectivity index (χ0) is 17.8. The third-order valence-corrected chi connectivity index (χ3v) is 5.27. The normalized spacial score (nSPS) is 16.4. The molecule has 2 aromatic rings. The SMILES string of the molecule is Cc1[nH]c2ccc(F)cc2c1CC(=O)NCCCN1CCC(C)CC1. The highest BCUT2D eigenvalue weighted by Gasteiger charge is 2.15. The summed E-state index contributed by atoms with van der Waals surface area (Å²) in [6, 6.07) is 4.65. The molecule has 0 atom stereocenters. The molecule has 1 aliphatic heterocycles. The van der Waals surface area contributed by atoms with Crippen LogP contribution in [0.2, 0.25) is 0 Å². The molecule has 5 heteroatoms. The van der Waals surface area contributed by atoms with Crippen LogP contribution >= 0.6 is 0 Å². The third kappa shape index (κ3) is 4.60. The number of carbonyl (C=O) groups is 1. The lowest BCUT2D eigenvalue weighted by Crippen LogP contribution is -2.35. The van der Waals surface area contributed by atoms with E-state index < -0.39 is 0 Å². The topological polar surface area (TPSA) is 48.1 Å². The van der Waals surface area contributed by atoms with Crippen molar-refractivity contribution < 1.29 is 9.18 Å². The van der Waals surface area contributed by atoms with Gasteiger partial charge < -0.3 is 15.2 Å². The first-order valence-corrected chi connectivity index (χ1v) is 9.28. The number of hydrogen-bond donors (Lipinski definition) is 2. The second-order valence-electron chi connectivity index (χ2n) is 7.32. The Morgan fingerprint density at radius 3 is 2.88 bits per heavy atom. The van der Waals surface area contributed by atoms with Crippen molar-refractivity contribution in [1.82, 2.24) is 15.2 Å². The molecule has 4 nitrogen and oxygen atoms in total. The largest absolute Gasteiger partial charge is 0.358 e. The summed E-state index contributed by atoms with van der Waals surface area (Å²) in [5.41, 5.74) is 2.69. The monoisotopic (exact) mass is 345 g/mol. The number of benzene rings is 1. The van der Waals surface area contributed by atoms with Crippen molar-refractivity contribution in [2.45, 2.75) is 39.5 Å². The van der Waals surface area contributed by atoms with Crippen LogP contribution in [-0.4, -0.2) is 42.0 Å². The number of rotatable bonds is 6. The number of fused-ring (bicyclic) bond motifs is 1. The molecule has 1 fully saturated rings. The number of hydrogen-bond acceptors (Lipinski definition) is 2. The summed E-state index contributed by atoms with van der Waals surface area (Å²) >= 11 is 0. The number of halogens is 1. The number of nitrogens with one attached hydrogen (secondary N) is 2. The number of aromatic amines is 1. The Kier molecular flexibility index (Phi) is 5.74. The van der Waals surface area contributed by atoms with Crippen LogP contribution in [0.1, 0.15) is 37.4 Å². The summed E-state index contributed by atoms with van der Waals surface area (Å²) in [7, 11) is 0. The predicted octanol–water partition coefficient (Wildman–Crippen LogP) is 3.40. The van der Waals surface area contributed by atoms with E-state index in [1.807, 2.05) is 6.92 Å². The minimum Gasteiger partial charge on any atom is -0.358 e. The Morgan fingerprint density at radius 1 is 1.36 bits per heavy atom. The molecule has 2 heterocycles. The molecule has 0 aliphatic carbocycles. The zero-order valence-electron chi connectivity index (χ0n) is 15.2. The first-order valence-electron chi connectivity index (χ1n) is 9.28. The molecule has 25 heavy (non-hydrogen) atoms. The van der Waals surface area contributed by atoms with E-state index in [2.05, 4.69) is 22.1 Å². The highest BCUT2D eigenvalue weighted by atomic mass is 19.1. The standard InChI is InChI=1S/C20H28FN3O/c1-14-6-10-24(11-7-14)9-3-8-22-20(25)13-17-15(2)23-19-5-4-16(21)12-18(17)19/h4-5,12,14,23H,3,6-11,13H2,1-2H3,(H,22,25). The second-order valence-corrected chi connectivity index (χ2v) is 7.32. The van der Waals surface area contributed by atoms with Crippen molar-refractivity contribution in [3.63, 3.8) is 0 Å². The summed E-state index contributed by atoms with van der Waals surface area (Å²) in [6.45, 7) is 8.34. The number of carbonyl (C=O) groups excluding carboxylic acids is 1. The minimum atomic E-state index is -0.274. The number of H-pyrrole nitrogens is 1. The molecule has 0 unspecified atom stereocenters. The van der Waals surface area contributed by atoms with E-state index in [-0.39, 0.29) is 18.1 Å². The van der Waals surface area contributed by atoms with E-state index in [0.717, 1.165) is 41.0 Å². The molecule has 2 N–H and O–H groups in total. The summed E-state index contributed by atoms with van der Waals surface area (Å²) in [5, 5.41) is 3.80. The first-order chi connectivity index (χ1) is 12.0. The Hall–Kier alpha value is -1.88. The Labute approximate surface area is 148 Å². The lowest BCUT2D eigenvalue weighted by atomic mass is 9.99. The van der Waals surface area contributed by atoms with E-state index in [0.29, 0.717) is 6.54 Å². The number of likely N-dealkylation sites (tertiary alicyclic amines) is 1. The van der Waals surface area contributed by atoms with Gasteiger partial charge in [0.1, 0.15) is 5.82 Å². The maximum atomic E-state index is 13.5. The third-order valence-electron chi connectivity index (χ3n) is 5.27. The van der Waals surface area contributed by atoms with E-state index in [1.165, 1.54) is 38.1 Å². The van der Waals surface area contributed by atoms with Gasteiger partial charge in [0.25, 0.3) is 0 Å². The second kappa shape index (κ2) is 8.00. The molecule has 1 saturated heterocycles. The lowest BCUT2D eigenvalue weighted by molar-refractivity contribution is -0.120. The smallest absolute Gasteiger partial charge is 0.224 e. The van der Waals surface area contributed by atoms with Gasteiger partial charge in [0.15, 0.2) is 0 Å². The van der Waals surface area contributed by atoms with Crippen molar-refractivity contribution in [2.24, 2.45) is 5.92 Å². The number of nitrogens with zero attached hydrogens (tertiary/aromatic N) is 1. The molecule has 1 amide bonds. The average molecular weight is 345 g/mol. The fourth-order valence-corrected chi connectivity index (χ4v) is 3.62. The Bertz CT molecular complexity index is 732. The van der Waals surface area contributed by atoms with Crippen LogP contribution in [0.15, 0.2) is 18.2 Å². The summed E-state index contributed by atoms with van der Waals surface area (Å²) in [4.78, 5) is 18.0. The van der Waals surface area contributed by atoms with E-state index in [9.17, 15) is 9.18 Å². The van der Waals surface area contributed by atoms with Crippen molar-refractivity contribution >= 4 is 16.8 Å². The summed E-state index contributed by atoms with van der Waals surface area (Å²) < 4.78 is 13.5. The Balaban J connectivity index is 1.47. The fourth-order valence-electron chi connectivity index (χ4n) is 3.62. The van der Waals surface area contributed by atoms with Gasteiger partial charge in [0, 0.05) is 23.1 Å². The van der Waals surface area contributed by atoms with Gasteiger partial charge >= 0.3 is 0 Å². The van der Waals surface area contributed by atoms with Crippen LogP contribution in [0.25, 0.3) is 10.9 Å². The van der Waals surface area contributed by atoms with E-state index >= 15 is 0 Å².